The summed E-state index contributed by atoms with van der Waals surface area (Å²) in [5.74, 6) is 2.04. The highest BCUT2D eigenvalue weighted by molar-refractivity contribution is 5.92. The van der Waals surface area contributed by atoms with Crippen molar-refractivity contribution in [1.82, 2.24) is 9.80 Å². The summed E-state index contributed by atoms with van der Waals surface area (Å²) in [5, 5.41) is 12.6. The maximum atomic E-state index is 13.2. The maximum Gasteiger partial charge on any atom is 0.246 e. The molecule has 1 saturated carbocycles. The van der Waals surface area contributed by atoms with Crippen molar-refractivity contribution in [3.8, 4) is 11.5 Å². The number of carbonyl (C=O) groups excluding carboxylic acids is 1. The van der Waals surface area contributed by atoms with Gasteiger partial charge in [-0.25, -0.2) is 0 Å². The highest BCUT2D eigenvalue weighted by atomic mass is 16.5. The van der Waals surface area contributed by atoms with Gasteiger partial charge in [-0.3, -0.25) is 9.69 Å². The number of rotatable bonds is 6. The van der Waals surface area contributed by atoms with E-state index in [-0.39, 0.29) is 18.0 Å². The van der Waals surface area contributed by atoms with Crippen LogP contribution in [0.15, 0.2) is 53.4 Å². The highest BCUT2D eigenvalue weighted by Gasteiger charge is 2.72. The number of hydrogen-bond acceptors (Lipinski definition) is 6. The smallest absolute Gasteiger partial charge is 0.246 e. The van der Waals surface area contributed by atoms with E-state index in [9.17, 15) is 9.90 Å². The van der Waals surface area contributed by atoms with E-state index in [1.807, 2.05) is 31.3 Å². The van der Waals surface area contributed by atoms with E-state index in [4.69, 9.17) is 13.9 Å². The van der Waals surface area contributed by atoms with Gasteiger partial charge in [-0.1, -0.05) is 18.2 Å². The number of hydrogen-bond donors (Lipinski definition) is 1. The van der Waals surface area contributed by atoms with Gasteiger partial charge in [-0.15, -0.1) is 0 Å². The molecule has 7 nitrogen and oxygen atoms in total. The largest absolute Gasteiger partial charge is 0.493 e. The van der Waals surface area contributed by atoms with Crippen molar-refractivity contribution in [1.29, 1.82) is 0 Å². The number of ether oxygens (including phenoxy) is 2. The molecule has 7 heteroatoms. The Kier molecular flexibility index (Phi) is 4.77. The number of piperidine rings is 1. The number of nitrogens with zero attached hydrogens (tertiary/aromatic N) is 2. The average molecular weight is 489 g/mol. The van der Waals surface area contributed by atoms with Crippen LogP contribution in [0.1, 0.15) is 36.0 Å². The zero-order chi connectivity index (χ0) is 24.7. The predicted molar refractivity (Wildman–Crippen MR) is 134 cm³/mol. The van der Waals surface area contributed by atoms with E-state index < -0.39 is 17.1 Å². The first-order valence-electron chi connectivity index (χ1n) is 13.0. The minimum absolute atomic E-state index is 0.0102. The third kappa shape index (κ3) is 2.90. The van der Waals surface area contributed by atoms with Crippen LogP contribution in [-0.4, -0.2) is 71.8 Å². The molecule has 5 atom stereocenters. The Labute approximate surface area is 211 Å². The SMILES string of the molecule is COc1ccc2c3c1OC1C(N(C)C(=O)C=Cc4ccoc4)C=CC4(O)[C@@H](C2)N(CC2CC2)CC[C@]314. The number of furan rings is 1. The first kappa shape index (κ1) is 22.2. The molecule has 3 unspecified atom stereocenters. The second-order valence-corrected chi connectivity index (χ2v) is 11.1. The van der Waals surface area contributed by atoms with Gasteiger partial charge in [0.2, 0.25) is 5.91 Å². The molecule has 1 N–H and O–H groups in total. The lowest BCUT2D eigenvalue weighted by Crippen LogP contribution is -2.76. The van der Waals surface area contributed by atoms with Crippen LogP contribution in [0.25, 0.3) is 6.08 Å². The van der Waals surface area contributed by atoms with E-state index in [0.29, 0.717) is 5.75 Å². The maximum absolute atomic E-state index is 13.2. The summed E-state index contributed by atoms with van der Waals surface area (Å²) >= 11 is 0. The summed E-state index contributed by atoms with van der Waals surface area (Å²) in [5.41, 5.74) is 1.45. The predicted octanol–water partition coefficient (Wildman–Crippen LogP) is 3.17. The van der Waals surface area contributed by atoms with Crippen LogP contribution in [0.4, 0.5) is 0 Å². The monoisotopic (exact) mass is 488 g/mol. The van der Waals surface area contributed by atoms with Gasteiger partial charge in [0, 0.05) is 36.8 Å². The zero-order valence-electron chi connectivity index (χ0n) is 20.7. The molecule has 0 radical (unpaired) electrons. The van der Waals surface area contributed by atoms with Crippen LogP contribution in [0, 0.1) is 5.92 Å². The summed E-state index contributed by atoms with van der Waals surface area (Å²) in [7, 11) is 3.47. The molecule has 7 rings (SSSR count). The Morgan fingerprint density at radius 2 is 2.19 bits per heavy atom. The number of benzene rings is 1. The number of carbonyl (C=O) groups is 1. The molecule has 1 saturated heterocycles. The van der Waals surface area contributed by atoms with Gasteiger partial charge in [0.05, 0.1) is 31.1 Å². The van der Waals surface area contributed by atoms with Crippen molar-refractivity contribution in [2.75, 3.05) is 27.2 Å². The molecule has 1 aromatic carbocycles. The fourth-order valence-corrected chi connectivity index (χ4v) is 7.30. The van der Waals surface area contributed by atoms with Crippen molar-refractivity contribution < 1.29 is 23.8 Å². The third-order valence-electron chi connectivity index (χ3n) is 9.28. The van der Waals surface area contributed by atoms with Crippen LogP contribution >= 0.6 is 0 Å². The Morgan fingerprint density at radius 3 is 2.94 bits per heavy atom. The van der Waals surface area contributed by atoms with E-state index in [1.165, 1.54) is 18.4 Å². The van der Waals surface area contributed by atoms with Gasteiger partial charge in [0.1, 0.15) is 11.7 Å². The van der Waals surface area contributed by atoms with Gasteiger partial charge in [0.25, 0.3) is 0 Å². The highest BCUT2D eigenvalue weighted by Crippen LogP contribution is 2.64. The second kappa shape index (κ2) is 7.73. The lowest BCUT2D eigenvalue weighted by atomic mass is 9.50. The molecule has 2 bridgehead atoms. The van der Waals surface area contributed by atoms with E-state index in [0.717, 1.165) is 48.7 Å². The Hall–Kier alpha value is -3.03. The molecule has 2 aliphatic heterocycles. The van der Waals surface area contributed by atoms with E-state index >= 15 is 0 Å². The van der Waals surface area contributed by atoms with Crippen LogP contribution in [0.5, 0.6) is 11.5 Å². The molecule has 36 heavy (non-hydrogen) atoms. The zero-order valence-corrected chi connectivity index (χ0v) is 20.7. The summed E-state index contributed by atoms with van der Waals surface area (Å²) < 4.78 is 17.6. The fraction of sp³-hybridized carbons (Fsp3) is 0.483. The minimum atomic E-state index is -1.07. The molecule has 1 aromatic heterocycles. The fourth-order valence-electron chi connectivity index (χ4n) is 7.30. The third-order valence-corrected chi connectivity index (χ3v) is 9.28. The Balaban J connectivity index is 1.31. The summed E-state index contributed by atoms with van der Waals surface area (Å²) in [6.45, 7) is 1.96. The summed E-state index contributed by atoms with van der Waals surface area (Å²) in [6, 6.07) is 5.60. The molecular formula is C29H32N2O5. The number of likely N-dealkylation sites (tertiary alicyclic amines) is 1. The van der Waals surface area contributed by atoms with Crippen molar-refractivity contribution in [3.63, 3.8) is 0 Å². The topological polar surface area (TPSA) is 75.4 Å². The molecule has 3 aliphatic carbocycles. The van der Waals surface area contributed by atoms with Gasteiger partial charge in [0.15, 0.2) is 11.5 Å². The van der Waals surface area contributed by atoms with Gasteiger partial charge < -0.3 is 23.9 Å². The Bertz CT molecular complexity index is 1260. The first-order chi connectivity index (χ1) is 17.5. The number of likely N-dealkylation sites (N-methyl/N-ethyl adjacent to an activating group) is 1. The molecule has 2 aromatic rings. The molecule has 1 amide bonds. The Morgan fingerprint density at radius 1 is 1.33 bits per heavy atom. The van der Waals surface area contributed by atoms with E-state index in [1.54, 1.807) is 36.7 Å². The van der Waals surface area contributed by atoms with Crippen molar-refractivity contribution >= 4 is 12.0 Å². The van der Waals surface area contributed by atoms with Crippen molar-refractivity contribution in [2.24, 2.45) is 5.92 Å². The van der Waals surface area contributed by atoms with Crippen molar-refractivity contribution in [3.05, 3.63) is 65.6 Å². The molecule has 2 fully saturated rings. The van der Waals surface area contributed by atoms with Gasteiger partial charge in [-0.2, -0.15) is 0 Å². The number of methoxy groups -OCH3 is 1. The minimum Gasteiger partial charge on any atom is -0.493 e. The van der Waals surface area contributed by atoms with Crippen molar-refractivity contribution in [2.45, 2.75) is 54.9 Å². The number of aliphatic hydroxyl groups is 1. The van der Waals surface area contributed by atoms with Gasteiger partial charge in [-0.05, 0) is 61.9 Å². The molecule has 1 spiro atoms. The molecule has 5 aliphatic rings. The van der Waals surface area contributed by atoms with Crippen LogP contribution in [-0.2, 0) is 16.6 Å². The van der Waals surface area contributed by atoms with Crippen LogP contribution < -0.4 is 9.47 Å². The lowest BCUT2D eigenvalue weighted by molar-refractivity contribution is -0.154. The quantitative estimate of drug-likeness (QED) is 0.497. The first-order valence-corrected chi connectivity index (χ1v) is 13.0. The second-order valence-electron chi connectivity index (χ2n) is 11.1. The summed E-state index contributed by atoms with van der Waals surface area (Å²) in [4.78, 5) is 17.5. The normalized spacial score (nSPS) is 33.9. The van der Waals surface area contributed by atoms with Crippen LogP contribution in [0.2, 0.25) is 0 Å². The average Bonchev–Trinajstić information content (AvgIpc) is 3.40. The summed E-state index contributed by atoms with van der Waals surface area (Å²) in [6.07, 6.45) is 14.2. The molecule has 3 heterocycles. The van der Waals surface area contributed by atoms with Crippen LogP contribution in [0.3, 0.4) is 0 Å². The molecule has 188 valence electrons. The number of amides is 1. The molecular weight excluding hydrogens is 456 g/mol. The van der Waals surface area contributed by atoms with Gasteiger partial charge >= 0.3 is 0 Å². The standard InChI is InChI=1S/C29H32N2O5/c1-30(24(32)8-5-19-10-14-35-17-19)21-9-11-29(33)23-15-20-6-7-22(34-2)26-25(20)28(29,27(21)36-26)12-13-31(23)16-18-3-4-18/h5-11,14,17-18,21,23,27,33H,3-4,12-13,15-16H2,1-2H3/t21?,23-,27?,28+,29?/m1/s1. The van der Waals surface area contributed by atoms with E-state index in [2.05, 4.69) is 11.0 Å². The lowest BCUT2D eigenvalue weighted by Gasteiger charge is -2.62.